The predicted octanol–water partition coefficient (Wildman–Crippen LogP) is 4.41. The third kappa shape index (κ3) is 3.29. The van der Waals surface area contributed by atoms with Gasteiger partial charge in [-0.05, 0) is 38.5 Å². The number of halogens is 2. The van der Waals surface area contributed by atoms with E-state index in [9.17, 15) is 9.59 Å². The number of ketones is 1. The van der Waals surface area contributed by atoms with Gasteiger partial charge in [0.05, 0.1) is 28.8 Å². The fourth-order valence-corrected chi connectivity index (χ4v) is 3.74. The summed E-state index contributed by atoms with van der Waals surface area (Å²) in [4.78, 5) is 29.7. The largest absolute Gasteiger partial charge is 0.348 e. The van der Waals surface area contributed by atoms with Gasteiger partial charge >= 0.3 is 0 Å². The highest BCUT2D eigenvalue weighted by molar-refractivity contribution is 6.38. The van der Waals surface area contributed by atoms with E-state index in [4.69, 9.17) is 23.2 Å². The van der Waals surface area contributed by atoms with Crippen LogP contribution in [0.3, 0.4) is 0 Å². The number of fused-ring (bicyclic) bond motifs is 1. The van der Waals surface area contributed by atoms with Gasteiger partial charge in [0, 0.05) is 28.5 Å². The maximum Gasteiger partial charge on any atom is 0.261 e. The summed E-state index contributed by atoms with van der Waals surface area (Å²) >= 11 is 12.1. The topological polar surface area (TPSA) is 56.9 Å². The SMILES string of the molecule is CCCn1c(C)cc(C(=O)Cn2cnc3c(Cl)cc(Cl)cc3c2=O)c1C. The zero-order valence-electron chi connectivity index (χ0n) is 14.8. The number of nitrogens with zero attached hydrogens (tertiary/aromatic N) is 3. The van der Waals surface area contributed by atoms with Crippen molar-refractivity contribution in [2.75, 3.05) is 0 Å². The van der Waals surface area contributed by atoms with E-state index in [2.05, 4.69) is 16.5 Å². The molecule has 0 aliphatic carbocycles. The molecule has 0 unspecified atom stereocenters. The van der Waals surface area contributed by atoms with Crippen LogP contribution < -0.4 is 5.56 Å². The van der Waals surface area contributed by atoms with E-state index >= 15 is 0 Å². The summed E-state index contributed by atoms with van der Waals surface area (Å²) in [5.74, 6) is -0.128. The van der Waals surface area contributed by atoms with Gasteiger partial charge in [-0.25, -0.2) is 4.98 Å². The maximum absolute atomic E-state index is 12.8. The number of rotatable bonds is 5. The number of aryl methyl sites for hydroxylation is 1. The Morgan fingerprint density at radius 2 is 1.92 bits per heavy atom. The Balaban J connectivity index is 1.99. The van der Waals surface area contributed by atoms with Gasteiger partial charge in [0.25, 0.3) is 5.56 Å². The molecule has 7 heteroatoms. The highest BCUT2D eigenvalue weighted by Crippen LogP contribution is 2.24. The van der Waals surface area contributed by atoms with Gasteiger partial charge in [-0.1, -0.05) is 30.1 Å². The maximum atomic E-state index is 12.8. The lowest BCUT2D eigenvalue weighted by Gasteiger charge is -2.09. The lowest BCUT2D eigenvalue weighted by atomic mass is 10.1. The Labute approximate surface area is 161 Å². The van der Waals surface area contributed by atoms with Crippen LogP contribution in [0, 0.1) is 13.8 Å². The first-order chi connectivity index (χ1) is 12.3. The second-order valence-corrected chi connectivity index (χ2v) is 7.16. The van der Waals surface area contributed by atoms with E-state index in [0.717, 1.165) is 24.4 Å². The zero-order valence-corrected chi connectivity index (χ0v) is 16.4. The molecular formula is C19H19Cl2N3O2. The summed E-state index contributed by atoms with van der Waals surface area (Å²) in [6.07, 6.45) is 2.34. The summed E-state index contributed by atoms with van der Waals surface area (Å²) in [5, 5.41) is 0.967. The van der Waals surface area contributed by atoms with E-state index < -0.39 is 0 Å². The summed E-state index contributed by atoms with van der Waals surface area (Å²) in [6.45, 7) is 6.78. The van der Waals surface area contributed by atoms with E-state index in [0.29, 0.717) is 26.5 Å². The molecule has 2 aromatic heterocycles. The van der Waals surface area contributed by atoms with Crippen LogP contribution in [-0.2, 0) is 13.1 Å². The molecule has 3 aromatic rings. The molecule has 0 radical (unpaired) electrons. The Bertz CT molecular complexity index is 1070. The third-order valence-corrected chi connectivity index (χ3v) is 4.99. The Hall–Kier alpha value is -2.11. The molecule has 0 atom stereocenters. The second kappa shape index (κ2) is 7.25. The standard InChI is InChI=1S/C19H19Cl2N3O2/c1-4-5-24-11(2)6-14(12(24)3)17(25)9-23-10-22-18-15(19(23)26)7-13(20)8-16(18)21/h6-8,10H,4-5,9H2,1-3H3. The fraction of sp³-hybridized carbons (Fsp3) is 0.316. The van der Waals surface area contributed by atoms with Crippen molar-refractivity contribution < 1.29 is 4.79 Å². The Morgan fingerprint density at radius 3 is 2.62 bits per heavy atom. The highest BCUT2D eigenvalue weighted by Gasteiger charge is 2.17. The molecule has 3 rings (SSSR count). The summed E-state index contributed by atoms with van der Waals surface area (Å²) in [5.41, 5.74) is 2.63. The van der Waals surface area contributed by atoms with E-state index in [1.165, 1.54) is 23.0 Å². The molecule has 0 amide bonds. The van der Waals surface area contributed by atoms with Gasteiger partial charge in [-0.15, -0.1) is 0 Å². The quantitative estimate of drug-likeness (QED) is 0.605. The number of Topliss-reactive ketones (excluding diaryl/α,β-unsaturated/α-hetero) is 1. The number of carbonyl (C=O) groups is 1. The number of aromatic nitrogens is 3. The van der Waals surface area contributed by atoms with Gasteiger partial charge in [-0.3, -0.25) is 14.2 Å². The lowest BCUT2D eigenvalue weighted by molar-refractivity contribution is 0.0970. The first-order valence-corrected chi connectivity index (χ1v) is 9.13. The molecule has 2 heterocycles. The van der Waals surface area contributed by atoms with Crippen molar-refractivity contribution >= 4 is 39.9 Å². The molecule has 0 saturated carbocycles. The summed E-state index contributed by atoms with van der Waals surface area (Å²) in [7, 11) is 0. The zero-order chi connectivity index (χ0) is 19.0. The number of benzene rings is 1. The molecule has 5 nitrogen and oxygen atoms in total. The molecule has 0 bridgehead atoms. The van der Waals surface area contributed by atoms with Crippen LogP contribution in [0.15, 0.2) is 29.3 Å². The molecule has 0 fully saturated rings. The molecule has 0 N–H and O–H groups in total. The van der Waals surface area contributed by atoms with Crippen molar-refractivity contribution in [2.24, 2.45) is 0 Å². The minimum atomic E-state index is -0.338. The molecule has 26 heavy (non-hydrogen) atoms. The molecule has 1 aromatic carbocycles. The molecule has 0 saturated heterocycles. The Morgan fingerprint density at radius 1 is 1.19 bits per heavy atom. The Kier molecular flexibility index (Phi) is 5.21. The molecule has 136 valence electrons. The molecule has 0 spiro atoms. The van der Waals surface area contributed by atoms with Gasteiger partial charge in [0.1, 0.15) is 0 Å². The van der Waals surface area contributed by atoms with Crippen molar-refractivity contribution in [1.82, 2.24) is 14.1 Å². The summed E-state index contributed by atoms with van der Waals surface area (Å²) < 4.78 is 3.41. The smallest absolute Gasteiger partial charge is 0.261 e. The predicted molar refractivity (Wildman–Crippen MR) is 105 cm³/mol. The average Bonchev–Trinajstić information content (AvgIpc) is 2.86. The first kappa shape index (κ1) is 18.7. The normalized spacial score (nSPS) is 11.3. The van der Waals surface area contributed by atoms with Gasteiger partial charge in [0.15, 0.2) is 5.78 Å². The van der Waals surface area contributed by atoms with Crippen molar-refractivity contribution in [3.63, 3.8) is 0 Å². The van der Waals surface area contributed by atoms with Crippen molar-refractivity contribution in [3.05, 3.63) is 61.9 Å². The second-order valence-electron chi connectivity index (χ2n) is 6.32. The average molecular weight is 392 g/mol. The van der Waals surface area contributed by atoms with Gasteiger partial charge in [0.2, 0.25) is 0 Å². The van der Waals surface area contributed by atoms with Crippen LogP contribution in [0.25, 0.3) is 10.9 Å². The van der Waals surface area contributed by atoms with Gasteiger partial charge in [-0.2, -0.15) is 0 Å². The highest BCUT2D eigenvalue weighted by atomic mass is 35.5. The molecule has 0 aliphatic rings. The van der Waals surface area contributed by atoms with Crippen molar-refractivity contribution in [1.29, 1.82) is 0 Å². The minimum Gasteiger partial charge on any atom is -0.348 e. The van der Waals surface area contributed by atoms with Crippen LogP contribution in [0.2, 0.25) is 10.0 Å². The van der Waals surface area contributed by atoms with Gasteiger partial charge < -0.3 is 4.57 Å². The number of hydrogen-bond donors (Lipinski definition) is 0. The number of hydrogen-bond acceptors (Lipinski definition) is 3. The fourth-order valence-electron chi connectivity index (χ4n) is 3.20. The van der Waals surface area contributed by atoms with E-state index in [-0.39, 0.29) is 17.9 Å². The van der Waals surface area contributed by atoms with Crippen molar-refractivity contribution in [2.45, 2.75) is 40.3 Å². The van der Waals surface area contributed by atoms with E-state index in [1.54, 1.807) is 0 Å². The first-order valence-electron chi connectivity index (χ1n) is 8.37. The molecule has 0 aliphatic heterocycles. The third-order valence-electron chi connectivity index (χ3n) is 4.48. The van der Waals surface area contributed by atoms with Crippen LogP contribution in [0.1, 0.15) is 35.1 Å². The summed E-state index contributed by atoms with van der Waals surface area (Å²) in [6, 6.07) is 4.93. The van der Waals surface area contributed by atoms with Crippen LogP contribution in [-0.4, -0.2) is 19.9 Å². The monoisotopic (exact) mass is 391 g/mol. The minimum absolute atomic E-state index is 0.0810. The number of carbonyl (C=O) groups excluding carboxylic acids is 1. The molecular weight excluding hydrogens is 373 g/mol. The van der Waals surface area contributed by atoms with Crippen LogP contribution >= 0.6 is 23.2 Å². The van der Waals surface area contributed by atoms with E-state index in [1.807, 2.05) is 19.9 Å². The van der Waals surface area contributed by atoms with Crippen LogP contribution in [0.5, 0.6) is 0 Å². The van der Waals surface area contributed by atoms with Crippen LogP contribution in [0.4, 0.5) is 0 Å². The van der Waals surface area contributed by atoms with Crippen molar-refractivity contribution in [3.8, 4) is 0 Å². The lowest BCUT2D eigenvalue weighted by Crippen LogP contribution is -2.25.